The highest BCUT2D eigenvalue weighted by atomic mass is 16.2. The number of hydrogen-bond acceptors (Lipinski definition) is 2. The molecule has 1 heterocycles. The molecule has 0 saturated carbocycles. The number of urea groups is 1. The lowest BCUT2D eigenvalue weighted by Gasteiger charge is -2.38. The van der Waals surface area contributed by atoms with E-state index in [9.17, 15) is 4.79 Å². The second-order valence-electron chi connectivity index (χ2n) is 9.32. The van der Waals surface area contributed by atoms with E-state index in [1.54, 1.807) is 0 Å². The molecule has 0 atom stereocenters. The van der Waals surface area contributed by atoms with E-state index in [1.165, 1.54) is 16.7 Å². The van der Waals surface area contributed by atoms with Gasteiger partial charge in [-0.1, -0.05) is 78.4 Å². The van der Waals surface area contributed by atoms with Gasteiger partial charge in [0, 0.05) is 37.3 Å². The van der Waals surface area contributed by atoms with Gasteiger partial charge < -0.3 is 15.1 Å². The molecule has 1 N–H and O–H groups in total. The van der Waals surface area contributed by atoms with E-state index in [4.69, 9.17) is 0 Å². The first-order chi connectivity index (χ1) is 16.6. The minimum Gasteiger partial charge on any atom is -0.322 e. The fourth-order valence-electron chi connectivity index (χ4n) is 5.06. The molecule has 1 saturated heterocycles. The summed E-state index contributed by atoms with van der Waals surface area (Å²) >= 11 is 0. The number of likely N-dealkylation sites (tertiary alicyclic amines) is 1. The number of anilines is 1. The quantitative estimate of drug-likeness (QED) is 0.419. The van der Waals surface area contributed by atoms with Gasteiger partial charge in [-0.15, -0.1) is 0 Å². The number of carbonyl (C=O) groups is 1. The number of carbonyl (C=O) groups excluding carboxylic acids is 1. The molecular formula is C30H37N3O. The van der Waals surface area contributed by atoms with Crippen molar-refractivity contribution in [1.82, 2.24) is 9.80 Å². The molecule has 2 amide bonds. The summed E-state index contributed by atoms with van der Waals surface area (Å²) in [5.41, 5.74) is 4.82. The van der Waals surface area contributed by atoms with Gasteiger partial charge in [0.15, 0.2) is 0 Å². The Morgan fingerprint density at radius 1 is 0.912 bits per heavy atom. The lowest BCUT2D eigenvalue weighted by atomic mass is 9.88. The summed E-state index contributed by atoms with van der Waals surface area (Å²) in [6, 6.07) is 30.0. The molecule has 3 aromatic carbocycles. The van der Waals surface area contributed by atoms with Crippen LogP contribution < -0.4 is 5.32 Å². The first-order valence-corrected chi connectivity index (χ1v) is 12.6. The monoisotopic (exact) mass is 455 g/mol. The minimum absolute atomic E-state index is 0.0121. The lowest BCUT2D eigenvalue weighted by Crippen LogP contribution is -2.49. The van der Waals surface area contributed by atoms with Crippen molar-refractivity contribution < 1.29 is 4.79 Å². The molecule has 0 radical (unpaired) electrons. The van der Waals surface area contributed by atoms with Gasteiger partial charge in [0.2, 0.25) is 0 Å². The van der Waals surface area contributed by atoms with Gasteiger partial charge in [-0.3, -0.25) is 0 Å². The van der Waals surface area contributed by atoms with Gasteiger partial charge in [-0.25, -0.2) is 4.79 Å². The van der Waals surface area contributed by atoms with Crippen molar-refractivity contribution in [3.63, 3.8) is 0 Å². The Balaban J connectivity index is 1.31. The summed E-state index contributed by atoms with van der Waals surface area (Å²) < 4.78 is 0. The predicted molar refractivity (Wildman–Crippen MR) is 141 cm³/mol. The van der Waals surface area contributed by atoms with E-state index in [0.29, 0.717) is 12.0 Å². The minimum atomic E-state index is 0.0121. The van der Waals surface area contributed by atoms with Crippen LogP contribution >= 0.6 is 0 Å². The van der Waals surface area contributed by atoms with Crippen molar-refractivity contribution in [2.75, 3.05) is 31.5 Å². The van der Waals surface area contributed by atoms with Crippen molar-refractivity contribution in [2.45, 2.75) is 45.1 Å². The van der Waals surface area contributed by atoms with Crippen molar-refractivity contribution >= 4 is 11.7 Å². The van der Waals surface area contributed by atoms with E-state index in [1.807, 2.05) is 29.2 Å². The van der Waals surface area contributed by atoms with E-state index >= 15 is 0 Å². The first kappa shape index (κ1) is 24.0. The fourth-order valence-corrected chi connectivity index (χ4v) is 5.06. The smallest absolute Gasteiger partial charge is 0.322 e. The van der Waals surface area contributed by atoms with Crippen LogP contribution in [-0.4, -0.2) is 48.1 Å². The Kier molecular flexibility index (Phi) is 8.37. The van der Waals surface area contributed by atoms with Gasteiger partial charge >= 0.3 is 6.03 Å². The molecular weight excluding hydrogens is 418 g/mol. The zero-order valence-corrected chi connectivity index (χ0v) is 20.5. The van der Waals surface area contributed by atoms with Crippen LogP contribution in [0.2, 0.25) is 0 Å². The third kappa shape index (κ3) is 6.27. The van der Waals surface area contributed by atoms with Crippen molar-refractivity contribution in [3.05, 3.63) is 102 Å². The number of aryl methyl sites for hydroxylation is 1. The van der Waals surface area contributed by atoms with Crippen LogP contribution in [0.15, 0.2) is 84.9 Å². The average Bonchev–Trinajstić information content (AvgIpc) is 2.88. The average molecular weight is 456 g/mol. The summed E-state index contributed by atoms with van der Waals surface area (Å²) in [6.07, 6.45) is 3.15. The van der Waals surface area contributed by atoms with Crippen LogP contribution in [-0.2, 0) is 0 Å². The van der Waals surface area contributed by atoms with E-state index in [2.05, 4.69) is 84.7 Å². The molecule has 0 unspecified atom stereocenters. The van der Waals surface area contributed by atoms with Crippen LogP contribution in [0.4, 0.5) is 10.5 Å². The molecule has 0 aromatic heterocycles. The molecule has 0 spiro atoms. The van der Waals surface area contributed by atoms with Gasteiger partial charge in [0.1, 0.15) is 0 Å². The lowest BCUT2D eigenvalue weighted by molar-refractivity contribution is 0.129. The molecule has 34 heavy (non-hydrogen) atoms. The van der Waals surface area contributed by atoms with Gasteiger partial charge in [-0.2, -0.15) is 0 Å². The molecule has 4 rings (SSSR count). The fraction of sp³-hybridized carbons (Fsp3) is 0.367. The van der Waals surface area contributed by atoms with Gasteiger partial charge in [0.05, 0.1) is 0 Å². The van der Waals surface area contributed by atoms with Gasteiger partial charge in [-0.05, 0) is 62.9 Å². The Morgan fingerprint density at radius 3 is 2.00 bits per heavy atom. The second kappa shape index (κ2) is 11.8. The molecule has 1 aliphatic heterocycles. The zero-order valence-electron chi connectivity index (χ0n) is 20.5. The Labute approximate surface area is 204 Å². The highest BCUT2D eigenvalue weighted by Crippen LogP contribution is 2.29. The highest BCUT2D eigenvalue weighted by molar-refractivity contribution is 5.89. The molecule has 178 valence electrons. The number of piperidine rings is 1. The number of hydrogen-bond donors (Lipinski definition) is 1. The SMILES string of the molecule is CCN(C(=O)Nc1ccc(C)cc1)C1CCN(CCC(c2ccccc2)c2ccccc2)CC1. The molecule has 0 bridgehead atoms. The summed E-state index contributed by atoms with van der Waals surface area (Å²) in [5, 5.41) is 3.08. The molecule has 1 fully saturated rings. The molecule has 1 aliphatic rings. The first-order valence-electron chi connectivity index (χ1n) is 12.6. The van der Waals surface area contributed by atoms with Crippen molar-refractivity contribution in [3.8, 4) is 0 Å². The van der Waals surface area contributed by atoms with Crippen molar-refractivity contribution in [2.24, 2.45) is 0 Å². The third-order valence-electron chi connectivity index (χ3n) is 7.04. The summed E-state index contributed by atoms with van der Waals surface area (Å²) in [7, 11) is 0. The summed E-state index contributed by atoms with van der Waals surface area (Å²) in [5.74, 6) is 0.410. The maximum atomic E-state index is 12.9. The summed E-state index contributed by atoms with van der Waals surface area (Å²) in [4.78, 5) is 17.5. The number of nitrogens with one attached hydrogen (secondary N) is 1. The standard InChI is InChI=1S/C30H37N3O/c1-3-33(30(34)31-27-16-14-24(2)15-17-27)28-18-21-32(22-19-28)23-20-29(25-10-6-4-7-11-25)26-12-8-5-9-13-26/h4-17,28-29H,3,18-23H2,1-2H3,(H,31,34). The maximum Gasteiger partial charge on any atom is 0.322 e. The van der Waals surface area contributed by atoms with Crippen LogP contribution in [0.5, 0.6) is 0 Å². The van der Waals surface area contributed by atoms with E-state index < -0.39 is 0 Å². The Morgan fingerprint density at radius 2 is 1.47 bits per heavy atom. The van der Waals surface area contributed by atoms with Gasteiger partial charge in [0.25, 0.3) is 0 Å². The normalized spacial score (nSPS) is 14.8. The van der Waals surface area contributed by atoms with Crippen LogP contribution in [0.1, 0.15) is 48.8 Å². The van der Waals surface area contributed by atoms with Crippen LogP contribution in [0.25, 0.3) is 0 Å². The largest absolute Gasteiger partial charge is 0.322 e. The third-order valence-corrected chi connectivity index (χ3v) is 7.04. The predicted octanol–water partition coefficient (Wildman–Crippen LogP) is 6.54. The number of nitrogens with zero attached hydrogens (tertiary/aromatic N) is 2. The van der Waals surface area contributed by atoms with Crippen LogP contribution in [0, 0.1) is 6.92 Å². The van der Waals surface area contributed by atoms with E-state index in [0.717, 1.165) is 51.1 Å². The van der Waals surface area contributed by atoms with Crippen molar-refractivity contribution in [1.29, 1.82) is 0 Å². The molecule has 4 nitrogen and oxygen atoms in total. The summed E-state index contributed by atoms with van der Waals surface area (Å²) in [6.45, 7) is 8.00. The molecule has 0 aliphatic carbocycles. The van der Waals surface area contributed by atoms with E-state index in [-0.39, 0.29) is 6.03 Å². The Hall–Kier alpha value is -3.11. The molecule has 3 aromatic rings. The molecule has 4 heteroatoms. The van der Waals surface area contributed by atoms with Crippen LogP contribution in [0.3, 0.4) is 0 Å². The number of benzene rings is 3. The maximum absolute atomic E-state index is 12.9. The second-order valence-corrected chi connectivity index (χ2v) is 9.32. The topological polar surface area (TPSA) is 35.6 Å². The highest BCUT2D eigenvalue weighted by Gasteiger charge is 2.27. The Bertz CT molecular complexity index is 972. The number of amides is 2. The number of rotatable bonds is 8. The zero-order chi connectivity index (χ0) is 23.8.